The molecule has 1 N–H and O–H groups in total. The maximum atomic E-state index is 6.45. The molecule has 1 atom stereocenters. The van der Waals surface area contributed by atoms with Gasteiger partial charge < -0.3 is 14.8 Å². The van der Waals surface area contributed by atoms with Gasteiger partial charge in [0.15, 0.2) is 0 Å². The largest absolute Gasteiger partial charge is 0.494 e. The van der Waals surface area contributed by atoms with E-state index in [9.17, 15) is 0 Å². The summed E-state index contributed by atoms with van der Waals surface area (Å²) in [5.74, 6) is 1.96. The molecule has 0 saturated heterocycles. The smallest absolute Gasteiger partial charge is 0.125 e. The van der Waals surface area contributed by atoms with Crippen molar-refractivity contribution in [1.29, 1.82) is 0 Å². The lowest BCUT2D eigenvalue weighted by Gasteiger charge is -2.40. The first-order chi connectivity index (χ1) is 11.8. The van der Waals surface area contributed by atoms with Crippen LogP contribution in [0.2, 0.25) is 0 Å². The first kappa shape index (κ1) is 15.4. The third-order valence-corrected chi connectivity index (χ3v) is 5.20. The molecular formula is C21H25NO2. The van der Waals surface area contributed by atoms with E-state index in [1.807, 2.05) is 19.1 Å². The van der Waals surface area contributed by atoms with Gasteiger partial charge in [0.1, 0.15) is 17.1 Å². The van der Waals surface area contributed by atoms with Gasteiger partial charge in [0.2, 0.25) is 0 Å². The highest BCUT2D eigenvalue weighted by molar-refractivity contribution is 5.52. The molecule has 4 rings (SSSR count). The average Bonchev–Trinajstić information content (AvgIpc) is 3.03. The zero-order valence-corrected chi connectivity index (χ0v) is 14.3. The summed E-state index contributed by atoms with van der Waals surface area (Å²) in [5.41, 5.74) is 2.39. The number of ether oxygens (including phenoxy) is 2. The van der Waals surface area contributed by atoms with Crippen molar-refractivity contribution in [2.75, 3.05) is 11.9 Å². The molecule has 1 fully saturated rings. The zero-order chi connectivity index (χ0) is 16.4. The van der Waals surface area contributed by atoms with Gasteiger partial charge in [-0.1, -0.05) is 24.3 Å². The molecule has 2 aromatic carbocycles. The Hall–Kier alpha value is -2.16. The second-order valence-corrected chi connectivity index (χ2v) is 6.89. The Bertz CT molecular complexity index is 706. The molecule has 0 amide bonds. The van der Waals surface area contributed by atoms with Crippen LogP contribution in [0.5, 0.6) is 11.5 Å². The van der Waals surface area contributed by atoms with Crippen LogP contribution in [0.3, 0.4) is 0 Å². The van der Waals surface area contributed by atoms with Gasteiger partial charge in [-0.25, -0.2) is 0 Å². The molecule has 3 heteroatoms. The predicted molar refractivity (Wildman–Crippen MR) is 96.9 cm³/mol. The monoisotopic (exact) mass is 323 g/mol. The number of anilines is 1. The van der Waals surface area contributed by atoms with Crippen molar-refractivity contribution >= 4 is 5.69 Å². The second kappa shape index (κ2) is 6.39. The first-order valence-corrected chi connectivity index (χ1v) is 9.05. The minimum Gasteiger partial charge on any atom is -0.494 e. The molecule has 0 bridgehead atoms. The number of fused-ring (bicyclic) bond motifs is 1. The minimum atomic E-state index is 0.0174. The maximum Gasteiger partial charge on any atom is 0.125 e. The lowest BCUT2D eigenvalue weighted by Crippen LogP contribution is -2.40. The number of hydrogen-bond donors (Lipinski definition) is 1. The average molecular weight is 323 g/mol. The Balaban J connectivity index is 1.62. The van der Waals surface area contributed by atoms with E-state index in [0.29, 0.717) is 6.61 Å². The van der Waals surface area contributed by atoms with E-state index < -0.39 is 0 Å². The molecule has 2 aliphatic rings. The fraction of sp³-hybridized carbons (Fsp3) is 0.429. The number of hydrogen-bond acceptors (Lipinski definition) is 3. The molecule has 3 nitrogen and oxygen atoms in total. The summed E-state index contributed by atoms with van der Waals surface area (Å²) in [4.78, 5) is 0. The molecule has 1 aliphatic heterocycles. The van der Waals surface area contributed by atoms with E-state index in [1.165, 1.54) is 31.2 Å². The van der Waals surface area contributed by atoms with Crippen molar-refractivity contribution in [3.8, 4) is 11.5 Å². The standard InChI is InChI=1S/C21H25NO2/c1-2-23-17-9-7-8-16(14-17)22-19-15-21(12-5-6-13-21)24-20-11-4-3-10-18(19)20/h3-4,7-11,14,19,22H,2,5-6,12-13,15H2,1H3. The van der Waals surface area contributed by atoms with Crippen LogP contribution >= 0.6 is 0 Å². The Labute approximate surface area is 144 Å². The van der Waals surface area contributed by atoms with Crippen molar-refractivity contribution in [2.45, 2.75) is 50.7 Å². The van der Waals surface area contributed by atoms with Crippen molar-refractivity contribution in [3.63, 3.8) is 0 Å². The van der Waals surface area contributed by atoms with Crippen LogP contribution < -0.4 is 14.8 Å². The van der Waals surface area contributed by atoms with Gasteiger partial charge in [-0.15, -0.1) is 0 Å². The van der Waals surface area contributed by atoms with Crippen LogP contribution in [0, 0.1) is 0 Å². The molecule has 126 valence electrons. The molecule has 24 heavy (non-hydrogen) atoms. The zero-order valence-electron chi connectivity index (χ0n) is 14.3. The van der Waals surface area contributed by atoms with Crippen LogP contribution in [0.25, 0.3) is 0 Å². The topological polar surface area (TPSA) is 30.5 Å². The fourth-order valence-corrected chi connectivity index (χ4v) is 4.12. The van der Waals surface area contributed by atoms with E-state index in [-0.39, 0.29) is 11.6 Å². The number of benzene rings is 2. The maximum absolute atomic E-state index is 6.45. The molecular weight excluding hydrogens is 298 g/mol. The Morgan fingerprint density at radius 1 is 1.12 bits per heavy atom. The highest BCUT2D eigenvalue weighted by atomic mass is 16.5. The summed E-state index contributed by atoms with van der Waals surface area (Å²) in [6, 6.07) is 17.0. The van der Waals surface area contributed by atoms with E-state index >= 15 is 0 Å². The van der Waals surface area contributed by atoms with E-state index in [4.69, 9.17) is 9.47 Å². The van der Waals surface area contributed by atoms with Crippen molar-refractivity contribution in [3.05, 3.63) is 54.1 Å². The summed E-state index contributed by atoms with van der Waals surface area (Å²) >= 11 is 0. The summed E-state index contributed by atoms with van der Waals surface area (Å²) < 4.78 is 12.1. The number of nitrogens with one attached hydrogen (secondary N) is 1. The van der Waals surface area contributed by atoms with E-state index in [1.54, 1.807) is 0 Å². The lowest BCUT2D eigenvalue weighted by molar-refractivity contribution is 0.0453. The van der Waals surface area contributed by atoms with E-state index in [2.05, 4.69) is 41.7 Å². The van der Waals surface area contributed by atoms with Crippen molar-refractivity contribution in [1.82, 2.24) is 0 Å². The molecule has 1 heterocycles. The minimum absolute atomic E-state index is 0.0174. The molecule has 1 aliphatic carbocycles. The van der Waals surface area contributed by atoms with Gasteiger partial charge in [0.05, 0.1) is 12.6 Å². The van der Waals surface area contributed by atoms with Crippen molar-refractivity contribution in [2.24, 2.45) is 0 Å². The normalized spacial score (nSPS) is 21.1. The Morgan fingerprint density at radius 3 is 2.79 bits per heavy atom. The van der Waals surface area contributed by atoms with Gasteiger partial charge in [-0.05, 0) is 50.8 Å². The van der Waals surface area contributed by atoms with Gasteiger partial charge in [-0.2, -0.15) is 0 Å². The van der Waals surface area contributed by atoms with E-state index in [0.717, 1.165) is 23.6 Å². The second-order valence-electron chi connectivity index (χ2n) is 6.89. The number of rotatable bonds is 4. The van der Waals surface area contributed by atoms with Crippen LogP contribution in [0.4, 0.5) is 5.69 Å². The Kier molecular flexibility index (Phi) is 4.09. The van der Waals surface area contributed by atoms with Crippen LogP contribution in [0.15, 0.2) is 48.5 Å². The quantitative estimate of drug-likeness (QED) is 0.824. The highest BCUT2D eigenvalue weighted by Crippen LogP contribution is 2.48. The molecule has 2 aromatic rings. The SMILES string of the molecule is CCOc1cccc(NC2CC3(CCCC3)Oc3ccccc32)c1. The van der Waals surface area contributed by atoms with Crippen LogP contribution in [0.1, 0.15) is 50.6 Å². The summed E-state index contributed by atoms with van der Waals surface area (Å²) in [5, 5.41) is 3.73. The van der Waals surface area contributed by atoms with Gasteiger partial charge in [0, 0.05) is 23.7 Å². The predicted octanol–water partition coefficient (Wildman–Crippen LogP) is 5.33. The molecule has 1 unspecified atom stereocenters. The van der Waals surface area contributed by atoms with Gasteiger partial charge >= 0.3 is 0 Å². The molecule has 0 radical (unpaired) electrons. The summed E-state index contributed by atoms with van der Waals surface area (Å²) in [7, 11) is 0. The molecule has 1 spiro atoms. The molecule has 1 saturated carbocycles. The fourth-order valence-electron chi connectivity index (χ4n) is 4.12. The highest BCUT2D eigenvalue weighted by Gasteiger charge is 2.42. The van der Waals surface area contributed by atoms with Crippen LogP contribution in [-0.4, -0.2) is 12.2 Å². The van der Waals surface area contributed by atoms with Crippen molar-refractivity contribution < 1.29 is 9.47 Å². The first-order valence-electron chi connectivity index (χ1n) is 9.05. The summed E-state index contributed by atoms with van der Waals surface area (Å²) in [6.07, 6.45) is 5.91. The number of para-hydroxylation sites is 1. The van der Waals surface area contributed by atoms with Crippen LogP contribution in [-0.2, 0) is 0 Å². The Morgan fingerprint density at radius 2 is 1.96 bits per heavy atom. The molecule has 0 aromatic heterocycles. The lowest BCUT2D eigenvalue weighted by atomic mass is 9.86. The van der Waals surface area contributed by atoms with Gasteiger partial charge in [-0.3, -0.25) is 0 Å². The third-order valence-electron chi connectivity index (χ3n) is 5.20. The summed E-state index contributed by atoms with van der Waals surface area (Å²) in [6.45, 7) is 2.70. The van der Waals surface area contributed by atoms with Gasteiger partial charge in [0.25, 0.3) is 0 Å². The third kappa shape index (κ3) is 2.95.